The number of carbonyl (C=O) groups is 1. The second-order valence-corrected chi connectivity index (χ2v) is 8.17. The first-order chi connectivity index (χ1) is 12.6. The molecule has 2 aliphatic rings. The summed E-state index contributed by atoms with van der Waals surface area (Å²) in [6.07, 6.45) is 11.3. The highest BCUT2D eigenvalue weighted by molar-refractivity contribution is 5.82. The summed E-state index contributed by atoms with van der Waals surface area (Å²) in [6.45, 7) is 6.20. The Kier molecular flexibility index (Phi) is 4.98. The third-order valence-electron chi connectivity index (χ3n) is 6.35. The van der Waals surface area contributed by atoms with Gasteiger partial charge in [0.15, 0.2) is 0 Å². The van der Waals surface area contributed by atoms with Crippen LogP contribution in [0.25, 0.3) is 10.9 Å². The van der Waals surface area contributed by atoms with Gasteiger partial charge in [0.2, 0.25) is 5.91 Å². The highest BCUT2D eigenvalue weighted by Gasteiger charge is 2.27. The Hall–Kier alpha value is -1.88. The van der Waals surface area contributed by atoms with Crippen molar-refractivity contribution in [1.29, 1.82) is 0 Å². The van der Waals surface area contributed by atoms with E-state index in [0.29, 0.717) is 17.9 Å². The zero-order valence-corrected chi connectivity index (χ0v) is 16.0. The quantitative estimate of drug-likeness (QED) is 0.850. The second kappa shape index (κ2) is 7.39. The van der Waals surface area contributed by atoms with E-state index in [4.69, 9.17) is 0 Å². The number of aromatic nitrogens is 2. The topological polar surface area (TPSA) is 41.4 Å². The zero-order valence-electron chi connectivity index (χ0n) is 16.0. The molecule has 0 unspecified atom stereocenters. The zero-order chi connectivity index (χ0) is 18.1. The Balaban J connectivity index is 1.35. The largest absolute Gasteiger partial charge is 0.344 e. The number of aryl methyl sites for hydroxylation is 1. The number of hydrogen-bond donors (Lipinski definition) is 0. The lowest BCUT2D eigenvalue weighted by Crippen LogP contribution is -2.40. The Morgan fingerprint density at radius 1 is 1.15 bits per heavy atom. The van der Waals surface area contributed by atoms with Crippen molar-refractivity contribution in [2.75, 3.05) is 33.2 Å². The molecule has 2 fully saturated rings. The molecule has 4 rings (SSSR count). The highest BCUT2D eigenvalue weighted by atomic mass is 16.2. The van der Waals surface area contributed by atoms with Gasteiger partial charge < -0.3 is 14.4 Å². The van der Waals surface area contributed by atoms with E-state index in [1.807, 2.05) is 12.4 Å². The maximum absolute atomic E-state index is 12.7. The Bertz CT molecular complexity index is 767. The molecule has 1 amide bonds. The number of amides is 1. The fraction of sp³-hybridized carbons (Fsp3) is 0.619. The molecule has 2 saturated heterocycles. The van der Waals surface area contributed by atoms with Crippen LogP contribution in [-0.4, -0.2) is 58.5 Å². The van der Waals surface area contributed by atoms with Gasteiger partial charge in [-0.15, -0.1) is 0 Å². The highest BCUT2D eigenvalue weighted by Crippen LogP contribution is 2.30. The molecule has 2 aromatic heterocycles. The molecule has 0 atom stereocenters. The number of fused-ring (bicyclic) bond motifs is 1. The predicted molar refractivity (Wildman–Crippen MR) is 104 cm³/mol. The molecule has 0 N–H and O–H groups in total. The van der Waals surface area contributed by atoms with E-state index < -0.39 is 0 Å². The molecule has 4 heterocycles. The molecular formula is C21H30N4O. The molecule has 0 saturated carbocycles. The van der Waals surface area contributed by atoms with Gasteiger partial charge in [0, 0.05) is 49.5 Å². The molecule has 5 heteroatoms. The predicted octanol–water partition coefficient (Wildman–Crippen LogP) is 3.24. The first-order valence-electron chi connectivity index (χ1n) is 9.99. The minimum Gasteiger partial charge on any atom is -0.344 e. The van der Waals surface area contributed by atoms with Crippen LogP contribution in [0, 0.1) is 12.8 Å². The summed E-state index contributed by atoms with van der Waals surface area (Å²) in [5.74, 6) is 0.954. The van der Waals surface area contributed by atoms with Crippen LogP contribution in [0.3, 0.4) is 0 Å². The third-order valence-corrected chi connectivity index (χ3v) is 6.35. The van der Waals surface area contributed by atoms with Crippen LogP contribution in [-0.2, 0) is 4.79 Å². The van der Waals surface area contributed by atoms with Gasteiger partial charge in [-0.2, -0.15) is 0 Å². The van der Waals surface area contributed by atoms with Gasteiger partial charge in [-0.05, 0) is 70.3 Å². The van der Waals surface area contributed by atoms with Crippen molar-refractivity contribution in [2.45, 2.75) is 45.1 Å². The molecule has 0 spiro atoms. The summed E-state index contributed by atoms with van der Waals surface area (Å²) in [6, 6.07) is 2.60. The second-order valence-electron chi connectivity index (χ2n) is 8.17. The van der Waals surface area contributed by atoms with Crippen LogP contribution in [0.5, 0.6) is 0 Å². The average Bonchev–Trinajstić information content (AvgIpc) is 3.01. The smallest absolute Gasteiger partial charge is 0.222 e. The Morgan fingerprint density at radius 3 is 2.62 bits per heavy atom. The minimum absolute atomic E-state index is 0.371. The molecule has 0 aliphatic carbocycles. The molecule has 26 heavy (non-hydrogen) atoms. The molecule has 0 radical (unpaired) electrons. The number of likely N-dealkylation sites (tertiary alicyclic amines) is 2. The van der Waals surface area contributed by atoms with Crippen molar-refractivity contribution in [3.05, 3.63) is 30.2 Å². The van der Waals surface area contributed by atoms with E-state index in [9.17, 15) is 4.79 Å². The molecule has 2 aliphatic heterocycles. The number of carbonyl (C=O) groups excluding carboxylic acids is 1. The van der Waals surface area contributed by atoms with E-state index in [2.05, 4.69) is 45.6 Å². The lowest BCUT2D eigenvalue weighted by atomic mass is 9.92. The summed E-state index contributed by atoms with van der Waals surface area (Å²) in [5, 5.41) is 1.24. The maximum Gasteiger partial charge on any atom is 0.222 e. The average molecular weight is 354 g/mol. The van der Waals surface area contributed by atoms with E-state index in [-0.39, 0.29) is 0 Å². The van der Waals surface area contributed by atoms with Crippen LogP contribution in [0.1, 0.15) is 43.7 Å². The third kappa shape index (κ3) is 3.50. The Morgan fingerprint density at radius 2 is 1.88 bits per heavy atom. The van der Waals surface area contributed by atoms with Crippen molar-refractivity contribution in [1.82, 2.24) is 19.4 Å². The monoisotopic (exact) mass is 354 g/mol. The summed E-state index contributed by atoms with van der Waals surface area (Å²) in [4.78, 5) is 21.4. The van der Waals surface area contributed by atoms with Crippen molar-refractivity contribution in [3.63, 3.8) is 0 Å². The van der Waals surface area contributed by atoms with E-state index >= 15 is 0 Å². The summed E-state index contributed by atoms with van der Waals surface area (Å²) >= 11 is 0. The number of pyridine rings is 1. The lowest BCUT2D eigenvalue weighted by molar-refractivity contribution is -0.133. The Labute approximate surface area is 156 Å². The van der Waals surface area contributed by atoms with Crippen LogP contribution in [0.4, 0.5) is 0 Å². The fourth-order valence-electron chi connectivity index (χ4n) is 4.60. The molecular weight excluding hydrogens is 324 g/mol. The van der Waals surface area contributed by atoms with Gasteiger partial charge in [0.1, 0.15) is 0 Å². The van der Waals surface area contributed by atoms with Crippen molar-refractivity contribution in [3.8, 4) is 0 Å². The summed E-state index contributed by atoms with van der Waals surface area (Å²) in [7, 11) is 2.17. The standard InChI is InChI=1S/C21H30N4O/c1-16-15-25(20-3-8-22-14-19(16)20)18-6-11-24(12-7-18)21(26)13-17-4-9-23(2)10-5-17/h3,8,14-15,17-18H,4-7,9-13H2,1-2H3. The van der Waals surface area contributed by atoms with Gasteiger partial charge in [-0.25, -0.2) is 0 Å². The van der Waals surface area contributed by atoms with Crippen molar-refractivity contribution < 1.29 is 4.79 Å². The van der Waals surface area contributed by atoms with Crippen molar-refractivity contribution >= 4 is 16.8 Å². The normalized spacial score (nSPS) is 20.8. The van der Waals surface area contributed by atoms with Gasteiger partial charge in [0.25, 0.3) is 0 Å². The van der Waals surface area contributed by atoms with Gasteiger partial charge in [0.05, 0.1) is 5.52 Å². The van der Waals surface area contributed by atoms with E-state index in [1.54, 1.807) is 0 Å². The number of nitrogens with zero attached hydrogens (tertiary/aromatic N) is 4. The maximum atomic E-state index is 12.7. The van der Waals surface area contributed by atoms with Gasteiger partial charge in [-0.1, -0.05) is 0 Å². The lowest BCUT2D eigenvalue weighted by Gasteiger charge is -2.35. The van der Waals surface area contributed by atoms with Crippen LogP contribution in [0.15, 0.2) is 24.7 Å². The van der Waals surface area contributed by atoms with E-state index in [0.717, 1.165) is 45.4 Å². The summed E-state index contributed by atoms with van der Waals surface area (Å²) in [5.41, 5.74) is 2.56. The van der Waals surface area contributed by atoms with Crippen LogP contribution in [0.2, 0.25) is 0 Å². The molecule has 5 nitrogen and oxygen atoms in total. The molecule has 140 valence electrons. The molecule has 0 bridgehead atoms. The minimum atomic E-state index is 0.371. The fourth-order valence-corrected chi connectivity index (χ4v) is 4.60. The summed E-state index contributed by atoms with van der Waals surface area (Å²) < 4.78 is 2.41. The van der Waals surface area contributed by atoms with Crippen LogP contribution >= 0.6 is 0 Å². The first kappa shape index (κ1) is 17.5. The first-order valence-corrected chi connectivity index (χ1v) is 9.99. The van der Waals surface area contributed by atoms with Crippen LogP contribution < -0.4 is 0 Å². The van der Waals surface area contributed by atoms with E-state index in [1.165, 1.54) is 29.3 Å². The molecule has 0 aromatic carbocycles. The number of piperidine rings is 2. The van der Waals surface area contributed by atoms with Crippen molar-refractivity contribution in [2.24, 2.45) is 5.92 Å². The van der Waals surface area contributed by atoms with Gasteiger partial charge in [-0.3, -0.25) is 9.78 Å². The number of hydrogen-bond acceptors (Lipinski definition) is 3. The SMILES string of the molecule is Cc1cn(C2CCN(C(=O)CC3CCN(C)CC3)CC2)c2ccncc12. The molecule has 2 aromatic rings. The number of rotatable bonds is 3. The van der Waals surface area contributed by atoms with Gasteiger partial charge >= 0.3 is 0 Å².